The fourth-order valence-corrected chi connectivity index (χ4v) is 4.86. The first-order valence-electron chi connectivity index (χ1n) is 4.72. The highest BCUT2D eigenvalue weighted by Gasteiger charge is 2.29. The minimum Gasteiger partial charge on any atom is -0.480 e. The first kappa shape index (κ1) is 14.6. The molecule has 1 aromatic rings. The van der Waals surface area contributed by atoms with E-state index >= 15 is 0 Å². The van der Waals surface area contributed by atoms with Gasteiger partial charge in [-0.05, 0) is 21.8 Å². The van der Waals surface area contributed by atoms with Crippen LogP contribution in [0.4, 0.5) is 0 Å². The van der Waals surface area contributed by atoms with Crippen molar-refractivity contribution in [2.75, 3.05) is 0 Å². The molecule has 8 heteroatoms. The van der Waals surface area contributed by atoms with Crippen molar-refractivity contribution in [3.8, 4) is 0 Å². The molecule has 0 bridgehead atoms. The van der Waals surface area contributed by atoms with Crippen molar-refractivity contribution in [3.05, 3.63) is 15.2 Å². The van der Waals surface area contributed by atoms with E-state index in [0.29, 0.717) is 4.47 Å². The zero-order valence-electron chi connectivity index (χ0n) is 9.18. The second-order valence-corrected chi connectivity index (χ2v) is 7.05. The molecule has 0 unspecified atom stereocenters. The maximum Gasteiger partial charge on any atom is 0.322 e. The molecule has 1 aromatic heterocycles. The quantitative estimate of drug-likeness (QED) is 0.856. The molecule has 96 valence electrons. The lowest BCUT2D eigenvalue weighted by atomic mass is 10.1. The molecule has 0 spiro atoms. The number of nitrogens with one attached hydrogen (secondary N) is 1. The van der Waals surface area contributed by atoms with E-state index in [4.69, 9.17) is 5.11 Å². The average Bonchev–Trinajstić information content (AvgIpc) is 2.60. The van der Waals surface area contributed by atoms with Gasteiger partial charge in [-0.1, -0.05) is 13.8 Å². The highest BCUT2D eigenvalue weighted by Crippen LogP contribution is 2.26. The summed E-state index contributed by atoms with van der Waals surface area (Å²) in [5.41, 5.74) is 0. The number of thiophene rings is 1. The summed E-state index contributed by atoms with van der Waals surface area (Å²) in [7, 11) is -3.80. The van der Waals surface area contributed by atoms with Crippen LogP contribution in [-0.4, -0.2) is 25.5 Å². The lowest BCUT2D eigenvalue weighted by Gasteiger charge is -2.17. The Morgan fingerprint density at radius 3 is 2.41 bits per heavy atom. The van der Waals surface area contributed by atoms with E-state index in [2.05, 4.69) is 20.7 Å². The van der Waals surface area contributed by atoms with E-state index in [1.165, 1.54) is 16.7 Å². The summed E-state index contributed by atoms with van der Waals surface area (Å²) in [5.74, 6) is -1.52. The van der Waals surface area contributed by atoms with Crippen LogP contribution in [0.3, 0.4) is 0 Å². The number of halogens is 1. The second-order valence-electron chi connectivity index (χ2n) is 3.77. The first-order chi connectivity index (χ1) is 7.75. The molecule has 0 fully saturated rings. The molecule has 0 saturated heterocycles. The monoisotopic (exact) mass is 341 g/mol. The molecule has 0 aromatic carbocycles. The van der Waals surface area contributed by atoms with Gasteiger partial charge in [-0.15, -0.1) is 11.3 Å². The number of rotatable bonds is 5. The molecular formula is C9H12BrNO4S2. The van der Waals surface area contributed by atoms with Crippen molar-refractivity contribution in [1.29, 1.82) is 0 Å². The van der Waals surface area contributed by atoms with Gasteiger partial charge in [-0.3, -0.25) is 4.79 Å². The van der Waals surface area contributed by atoms with Gasteiger partial charge in [-0.2, -0.15) is 4.72 Å². The molecule has 0 saturated carbocycles. The standard InChI is InChI=1S/C9H12BrNO4S2/c1-5(2)8(9(12)13)11-17(14,15)7-4-16-3-6(7)10/h3-5,8,11H,1-2H3,(H,12,13)/t8-/m0/s1. The Balaban J connectivity index is 3.01. The number of hydrogen-bond acceptors (Lipinski definition) is 4. The Labute approximate surface area is 112 Å². The molecule has 0 radical (unpaired) electrons. The molecule has 2 N–H and O–H groups in total. The molecule has 0 amide bonds. The summed E-state index contributed by atoms with van der Waals surface area (Å²) in [5, 5.41) is 12.0. The van der Waals surface area contributed by atoms with Crippen LogP contribution in [0.5, 0.6) is 0 Å². The third-order valence-electron chi connectivity index (χ3n) is 2.09. The number of carbonyl (C=O) groups is 1. The minimum atomic E-state index is -3.80. The van der Waals surface area contributed by atoms with Gasteiger partial charge >= 0.3 is 5.97 Å². The van der Waals surface area contributed by atoms with Crippen molar-refractivity contribution in [1.82, 2.24) is 4.72 Å². The Kier molecular flexibility index (Phi) is 4.70. The van der Waals surface area contributed by atoms with Crippen LogP contribution < -0.4 is 4.72 Å². The van der Waals surface area contributed by atoms with Crippen molar-refractivity contribution in [2.45, 2.75) is 24.8 Å². The van der Waals surface area contributed by atoms with Crippen molar-refractivity contribution in [3.63, 3.8) is 0 Å². The molecule has 1 atom stereocenters. The van der Waals surface area contributed by atoms with Crippen LogP contribution in [0.15, 0.2) is 20.1 Å². The molecular weight excluding hydrogens is 330 g/mol. The van der Waals surface area contributed by atoms with Crippen LogP contribution in [0.1, 0.15) is 13.8 Å². The van der Waals surface area contributed by atoms with E-state index in [-0.39, 0.29) is 10.8 Å². The molecule has 17 heavy (non-hydrogen) atoms. The third-order valence-corrected chi connectivity index (χ3v) is 5.68. The van der Waals surface area contributed by atoms with Crippen LogP contribution >= 0.6 is 27.3 Å². The predicted octanol–water partition coefficient (Wildman–Crippen LogP) is 1.90. The van der Waals surface area contributed by atoms with Gasteiger partial charge in [0.15, 0.2) is 0 Å². The summed E-state index contributed by atoms with van der Waals surface area (Å²) in [6.07, 6.45) is 0. The van der Waals surface area contributed by atoms with Crippen molar-refractivity contribution >= 4 is 43.3 Å². The van der Waals surface area contributed by atoms with E-state index in [0.717, 1.165) is 0 Å². The summed E-state index contributed by atoms with van der Waals surface area (Å²) >= 11 is 4.33. The lowest BCUT2D eigenvalue weighted by Crippen LogP contribution is -2.44. The predicted molar refractivity (Wildman–Crippen MR) is 68.6 cm³/mol. The Morgan fingerprint density at radius 1 is 1.47 bits per heavy atom. The number of hydrogen-bond donors (Lipinski definition) is 2. The fourth-order valence-electron chi connectivity index (χ4n) is 1.16. The normalized spacial score (nSPS) is 13.9. The highest BCUT2D eigenvalue weighted by atomic mass is 79.9. The van der Waals surface area contributed by atoms with Gasteiger partial charge in [-0.25, -0.2) is 8.42 Å². The third kappa shape index (κ3) is 3.51. The number of carboxylic acids is 1. The summed E-state index contributed by atoms with van der Waals surface area (Å²) in [6, 6.07) is -1.13. The molecule has 0 aliphatic carbocycles. The van der Waals surface area contributed by atoms with Gasteiger partial charge in [0.25, 0.3) is 0 Å². The van der Waals surface area contributed by atoms with Gasteiger partial charge in [0.1, 0.15) is 10.9 Å². The number of carboxylic acid groups (broad SMARTS) is 1. The SMILES string of the molecule is CC(C)[C@H](NS(=O)(=O)c1cscc1Br)C(=O)O. The molecule has 0 aliphatic heterocycles. The zero-order chi connectivity index (χ0) is 13.2. The number of sulfonamides is 1. The first-order valence-corrected chi connectivity index (χ1v) is 7.94. The Morgan fingerprint density at radius 2 is 2.06 bits per heavy atom. The molecule has 1 rings (SSSR count). The summed E-state index contributed by atoms with van der Waals surface area (Å²) in [4.78, 5) is 11.0. The van der Waals surface area contributed by atoms with Gasteiger partial charge in [0.2, 0.25) is 10.0 Å². The maximum atomic E-state index is 11.9. The van der Waals surface area contributed by atoms with Gasteiger partial charge < -0.3 is 5.11 Å². The van der Waals surface area contributed by atoms with Crippen LogP contribution in [0, 0.1) is 5.92 Å². The topological polar surface area (TPSA) is 83.5 Å². The molecule has 5 nitrogen and oxygen atoms in total. The minimum absolute atomic E-state index is 0.0643. The lowest BCUT2D eigenvalue weighted by molar-refractivity contribution is -0.140. The zero-order valence-corrected chi connectivity index (χ0v) is 12.4. The van der Waals surface area contributed by atoms with Crippen LogP contribution in [0.25, 0.3) is 0 Å². The average molecular weight is 342 g/mol. The van der Waals surface area contributed by atoms with E-state index < -0.39 is 22.0 Å². The fraction of sp³-hybridized carbons (Fsp3) is 0.444. The Bertz CT molecular complexity index is 509. The van der Waals surface area contributed by atoms with E-state index in [1.54, 1.807) is 19.2 Å². The largest absolute Gasteiger partial charge is 0.480 e. The summed E-state index contributed by atoms with van der Waals surface area (Å²) in [6.45, 7) is 3.29. The maximum absolute atomic E-state index is 11.9. The van der Waals surface area contributed by atoms with Crippen molar-refractivity contribution < 1.29 is 18.3 Å². The van der Waals surface area contributed by atoms with E-state index in [9.17, 15) is 13.2 Å². The second kappa shape index (κ2) is 5.47. The van der Waals surface area contributed by atoms with Crippen LogP contribution in [-0.2, 0) is 14.8 Å². The summed E-state index contributed by atoms with van der Waals surface area (Å²) < 4.78 is 26.5. The van der Waals surface area contributed by atoms with Crippen molar-refractivity contribution in [2.24, 2.45) is 5.92 Å². The van der Waals surface area contributed by atoms with Gasteiger partial charge in [0, 0.05) is 15.2 Å². The number of aliphatic carboxylic acids is 1. The van der Waals surface area contributed by atoms with Gasteiger partial charge in [0.05, 0.1) is 0 Å². The van der Waals surface area contributed by atoms with Crippen LogP contribution in [0.2, 0.25) is 0 Å². The smallest absolute Gasteiger partial charge is 0.322 e. The van der Waals surface area contributed by atoms with E-state index in [1.807, 2.05) is 0 Å². The molecule has 1 heterocycles. The highest BCUT2D eigenvalue weighted by molar-refractivity contribution is 9.10. The Hall–Kier alpha value is -0.440. The molecule has 0 aliphatic rings.